The molecule has 1 aromatic carbocycles. The van der Waals surface area contributed by atoms with E-state index in [2.05, 4.69) is 45.1 Å². The Kier molecular flexibility index (Phi) is 4.78. The van der Waals surface area contributed by atoms with Gasteiger partial charge in [0.25, 0.3) is 0 Å². The van der Waals surface area contributed by atoms with Crippen molar-refractivity contribution in [3.8, 4) is 0 Å². The van der Waals surface area contributed by atoms with Gasteiger partial charge >= 0.3 is 0 Å². The van der Waals surface area contributed by atoms with E-state index in [4.69, 9.17) is 11.6 Å². The third kappa shape index (κ3) is 3.66. The SMILES string of the molecule is Cc1ccc(Cl)cc1NC1CC(C)CCC1C(C)C. The number of rotatable bonds is 3. The zero-order valence-electron chi connectivity index (χ0n) is 12.5. The molecule has 0 saturated heterocycles. The zero-order chi connectivity index (χ0) is 14.0. The summed E-state index contributed by atoms with van der Waals surface area (Å²) in [5.74, 6) is 2.34. The summed E-state index contributed by atoms with van der Waals surface area (Å²) in [5, 5.41) is 4.59. The van der Waals surface area contributed by atoms with Gasteiger partial charge in [0, 0.05) is 16.8 Å². The van der Waals surface area contributed by atoms with Gasteiger partial charge in [-0.05, 0) is 55.2 Å². The molecule has 1 nitrogen and oxygen atoms in total. The van der Waals surface area contributed by atoms with Gasteiger partial charge in [0.1, 0.15) is 0 Å². The molecule has 0 aliphatic heterocycles. The Morgan fingerprint density at radius 3 is 2.68 bits per heavy atom. The lowest BCUT2D eigenvalue weighted by atomic mass is 9.74. The Balaban J connectivity index is 2.16. The highest BCUT2D eigenvalue weighted by atomic mass is 35.5. The van der Waals surface area contributed by atoms with Gasteiger partial charge in [0.2, 0.25) is 0 Å². The number of benzene rings is 1. The minimum absolute atomic E-state index is 0.584. The molecule has 0 radical (unpaired) electrons. The molecule has 106 valence electrons. The van der Waals surface area contributed by atoms with Crippen molar-refractivity contribution in [2.24, 2.45) is 17.8 Å². The van der Waals surface area contributed by atoms with E-state index in [-0.39, 0.29) is 0 Å². The van der Waals surface area contributed by atoms with Gasteiger partial charge in [-0.25, -0.2) is 0 Å². The van der Waals surface area contributed by atoms with Crippen LogP contribution in [0.3, 0.4) is 0 Å². The van der Waals surface area contributed by atoms with Crippen LogP contribution in [0.15, 0.2) is 18.2 Å². The van der Waals surface area contributed by atoms with E-state index in [0.717, 1.165) is 22.8 Å². The standard InChI is InChI=1S/C17H26ClN/c1-11(2)15-8-5-12(3)9-17(15)19-16-10-14(18)7-6-13(16)4/h6-7,10-12,15,17,19H,5,8-9H2,1-4H3. The summed E-state index contributed by atoms with van der Waals surface area (Å²) in [6, 6.07) is 6.71. The van der Waals surface area contributed by atoms with Gasteiger partial charge in [-0.2, -0.15) is 0 Å². The molecule has 0 heterocycles. The van der Waals surface area contributed by atoms with Gasteiger partial charge in [0.05, 0.1) is 0 Å². The molecular formula is C17H26ClN. The Morgan fingerprint density at radius 1 is 1.26 bits per heavy atom. The van der Waals surface area contributed by atoms with E-state index in [1.807, 2.05) is 6.07 Å². The van der Waals surface area contributed by atoms with Crippen LogP contribution in [-0.4, -0.2) is 6.04 Å². The molecule has 1 aromatic rings. The molecule has 1 saturated carbocycles. The fourth-order valence-corrected chi connectivity index (χ4v) is 3.49. The summed E-state index contributed by atoms with van der Waals surface area (Å²) < 4.78 is 0. The Bertz CT molecular complexity index is 427. The molecule has 1 aliphatic carbocycles. The first-order valence-electron chi connectivity index (χ1n) is 7.50. The van der Waals surface area contributed by atoms with Crippen molar-refractivity contribution in [3.63, 3.8) is 0 Å². The minimum atomic E-state index is 0.584. The molecule has 0 bridgehead atoms. The summed E-state index contributed by atoms with van der Waals surface area (Å²) in [4.78, 5) is 0. The van der Waals surface area contributed by atoms with Crippen molar-refractivity contribution in [3.05, 3.63) is 28.8 Å². The van der Waals surface area contributed by atoms with Gasteiger partial charge < -0.3 is 5.32 Å². The molecule has 1 fully saturated rings. The van der Waals surface area contributed by atoms with E-state index in [1.165, 1.54) is 30.5 Å². The monoisotopic (exact) mass is 279 g/mol. The van der Waals surface area contributed by atoms with E-state index in [9.17, 15) is 0 Å². The maximum absolute atomic E-state index is 6.12. The molecule has 3 unspecified atom stereocenters. The number of aryl methyl sites for hydroxylation is 1. The quantitative estimate of drug-likeness (QED) is 0.768. The van der Waals surface area contributed by atoms with Crippen molar-refractivity contribution in [2.45, 2.75) is 53.0 Å². The van der Waals surface area contributed by atoms with Crippen LogP contribution in [0.2, 0.25) is 5.02 Å². The van der Waals surface area contributed by atoms with E-state index < -0.39 is 0 Å². The third-order valence-corrected chi connectivity index (χ3v) is 4.80. The first-order valence-corrected chi connectivity index (χ1v) is 7.88. The highest BCUT2D eigenvalue weighted by Crippen LogP contribution is 2.36. The second-order valence-corrected chi connectivity index (χ2v) is 6.97. The highest BCUT2D eigenvalue weighted by Gasteiger charge is 2.30. The topological polar surface area (TPSA) is 12.0 Å². The molecule has 0 spiro atoms. The molecule has 0 aromatic heterocycles. The molecular weight excluding hydrogens is 254 g/mol. The fraction of sp³-hybridized carbons (Fsp3) is 0.647. The van der Waals surface area contributed by atoms with Crippen LogP contribution in [0.1, 0.15) is 45.6 Å². The van der Waals surface area contributed by atoms with Crippen molar-refractivity contribution < 1.29 is 0 Å². The lowest BCUT2D eigenvalue weighted by Crippen LogP contribution is -2.38. The number of hydrogen-bond acceptors (Lipinski definition) is 1. The van der Waals surface area contributed by atoms with Crippen molar-refractivity contribution in [1.29, 1.82) is 0 Å². The van der Waals surface area contributed by atoms with Crippen molar-refractivity contribution in [2.75, 3.05) is 5.32 Å². The maximum atomic E-state index is 6.12. The lowest BCUT2D eigenvalue weighted by molar-refractivity contribution is 0.212. The van der Waals surface area contributed by atoms with Crippen LogP contribution < -0.4 is 5.32 Å². The third-order valence-electron chi connectivity index (χ3n) is 4.56. The number of halogens is 1. The van der Waals surface area contributed by atoms with Gasteiger partial charge in [-0.1, -0.05) is 44.9 Å². The summed E-state index contributed by atoms with van der Waals surface area (Å²) >= 11 is 6.12. The predicted molar refractivity (Wildman–Crippen MR) is 84.9 cm³/mol. The summed E-state index contributed by atoms with van der Waals surface area (Å²) in [6.45, 7) is 9.21. The zero-order valence-corrected chi connectivity index (χ0v) is 13.3. The van der Waals surface area contributed by atoms with Gasteiger partial charge in [-0.3, -0.25) is 0 Å². The summed E-state index contributed by atoms with van der Waals surface area (Å²) in [7, 11) is 0. The Labute approximate surface area is 122 Å². The van der Waals surface area contributed by atoms with E-state index >= 15 is 0 Å². The van der Waals surface area contributed by atoms with Gasteiger partial charge in [-0.15, -0.1) is 0 Å². The molecule has 2 rings (SSSR count). The number of nitrogens with one attached hydrogen (secondary N) is 1. The lowest BCUT2D eigenvalue weighted by Gasteiger charge is -2.38. The van der Waals surface area contributed by atoms with Crippen molar-refractivity contribution in [1.82, 2.24) is 0 Å². The van der Waals surface area contributed by atoms with E-state index in [1.54, 1.807) is 0 Å². The molecule has 0 amide bonds. The smallest absolute Gasteiger partial charge is 0.0426 e. The van der Waals surface area contributed by atoms with Crippen molar-refractivity contribution >= 4 is 17.3 Å². The van der Waals surface area contributed by atoms with Crippen LogP contribution in [0.4, 0.5) is 5.69 Å². The second-order valence-electron chi connectivity index (χ2n) is 6.54. The average Bonchev–Trinajstić information content (AvgIpc) is 2.33. The Hall–Kier alpha value is -0.690. The fourth-order valence-electron chi connectivity index (χ4n) is 3.32. The average molecular weight is 280 g/mol. The summed E-state index contributed by atoms with van der Waals surface area (Å²) in [5.41, 5.74) is 2.49. The maximum Gasteiger partial charge on any atom is 0.0426 e. The number of anilines is 1. The van der Waals surface area contributed by atoms with Crippen LogP contribution in [-0.2, 0) is 0 Å². The van der Waals surface area contributed by atoms with E-state index in [0.29, 0.717) is 6.04 Å². The van der Waals surface area contributed by atoms with Crippen LogP contribution in [0.25, 0.3) is 0 Å². The van der Waals surface area contributed by atoms with Crippen LogP contribution in [0, 0.1) is 24.7 Å². The van der Waals surface area contributed by atoms with Crippen LogP contribution >= 0.6 is 11.6 Å². The van der Waals surface area contributed by atoms with Crippen LogP contribution in [0.5, 0.6) is 0 Å². The Morgan fingerprint density at radius 2 is 2.00 bits per heavy atom. The predicted octanol–water partition coefficient (Wildman–Crippen LogP) is 5.52. The largest absolute Gasteiger partial charge is 0.382 e. The number of hydrogen-bond donors (Lipinski definition) is 1. The molecule has 3 atom stereocenters. The first-order chi connectivity index (χ1) is 8.97. The molecule has 1 N–H and O–H groups in total. The minimum Gasteiger partial charge on any atom is -0.382 e. The molecule has 1 aliphatic rings. The van der Waals surface area contributed by atoms with Gasteiger partial charge in [0.15, 0.2) is 0 Å². The normalized spacial score (nSPS) is 27.6. The first kappa shape index (κ1) is 14.7. The molecule has 2 heteroatoms. The summed E-state index contributed by atoms with van der Waals surface area (Å²) in [6.07, 6.45) is 3.99. The molecule has 19 heavy (non-hydrogen) atoms. The highest BCUT2D eigenvalue weighted by molar-refractivity contribution is 6.30. The second kappa shape index (κ2) is 6.17.